The Bertz CT molecular complexity index is 1530. The normalized spacial score (nSPS) is 23.3. The summed E-state index contributed by atoms with van der Waals surface area (Å²) in [7, 11) is -7.93. The van der Waals surface area contributed by atoms with Crippen LogP contribution in [0.25, 0.3) is 0 Å². The summed E-state index contributed by atoms with van der Waals surface area (Å²) in [6, 6.07) is 8.91. The molecule has 0 amide bonds. The van der Waals surface area contributed by atoms with Gasteiger partial charge in [0.05, 0.1) is 41.2 Å². The standard InChI is InChI=1S/C25H25ClF2N2O6S2/c26-17-2-4-18(5-3-17)38(33,34)25-9-13-35-22(8-14-37(31,32)15-12-30-11-1-10-29-30)19(25)16-36-24-21(28)7-6-20(27)23(24)25/h1-7,10-11,19,22H,8-9,12-16H2/t19-,22-,25-/m0/s1. The van der Waals surface area contributed by atoms with E-state index in [1.54, 1.807) is 18.5 Å². The van der Waals surface area contributed by atoms with Gasteiger partial charge in [0.15, 0.2) is 31.2 Å². The fourth-order valence-corrected chi connectivity index (χ4v) is 9.13. The number of aryl methyl sites for hydroxylation is 1. The fraction of sp³-hybridized carbons (Fsp3) is 0.400. The van der Waals surface area contributed by atoms with Crippen LogP contribution in [0.1, 0.15) is 18.4 Å². The van der Waals surface area contributed by atoms with Gasteiger partial charge >= 0.3 is 0 Å². The maximum Gasteiger partial charge on any atom is 0.189 e. The van der Waals surface area contributed by atoms with Crippen molar-refractivity contribution in [3.8, 4) is 5.75 Å². The Balaban J connectivity index is 1.53. The molecule has 3 aromatic rings. The third-order valence-corrected chi connectivity index (χ3v) is 11.7. The summed E-state index contributed by atoms with van der Waals surface area (Å²) in [5.74, 6) is -3.70. The van der Waals surface area contributed by atoms with Crippen LogP contribution in [-0.4, -0.2) is 57.4 Å². The molecule has 38 heavy (non-hydrogen) atoms. The minimum atomic E-state index is -4.37. The van der Waals surface area contributed by atoms with E-state index in [1.807, 2.05) is 0 Å². The van der Waals surface area contributed by atoms with Crippen LogP contribution in [-0.2, 0) is 35.7 Å². The molecule has 0 aliphatic carbocycles. The molecule has 2 aromatic carbocycles. The monoisotopic (exact) mass is 586 g/mol. The van der Waals surface area contributed by atoms with Crippen LogP contribution in [0.2, 0.25) is 5.02 Å². The molecule has 0 unspecified atom stereocenters. The number of benzene rings is 2. The molecule has 1 fully saturated rings. The summed E-state index contributed by atoms with van der Waals surface area (Å²) in [5, 5.41) is 4.31. The highest BCUT2D eigenvalue weighted by atomic mass is 35.5. The number of hydrogen-bond acceptors (Lipinski definition) is 7. The first-order valence-corrected chi connectivity index (χ1v) is 15.6. The van der Waals surface area contributed by atoms with E-state index < -0.39 is 59.4 Å². The van der Waals surface area contributed by atoms with Gasteiger partial charge in [0.25, 0.3) is 0 Å². The van der Waals surface area contributed by atoms with Crippen LogP contribution in [0.5, 0.6) is 5.75 Å². The van der Waals surface area contributed by atoms with Gasteiger partial charge in [-0.3, -0.25) is 4.68 Å². The van der Waals surface area contributed by atoms with Crippen molar-refractivity contribution in [2.75, 3.05) is 24.7 Å². The number of rotatable bonds is 8. The lowest BCUT2D eigenvalue weighted by molar-refractivity contribution is -0.0732. The van der Waals surface area contributed by atoms with Crippen molar-refractivity contribution in [1.29, 1.82) is 0 Å². The Hall–Kier alpha value is -2.54. The van der Waals surface area contributed by atoms with E-state index >= 15 is 4.39 Å². The van der Waals surface area contributed by atoms with Crippen LogP contribution in [0.3, 0.4) is 0 Å². The lowest BCUT2D eigenvalue weighted by Gasteiger charge is -2.50. The number of sulfone groups is 2. The van der Waals surface area contributed by atoms with Gasteiger partial charge in [-0.2, -0.15) is 5.10 Å². The fourth-order valence-electron chi connectivity index (χ4n) is 5.40. The first-order valence-electron chi connectivity index (χ1n) is 12.0. The largest absolute Gasteiger partial charge is 0.490 e. The van der Waals surface area contributed by atoms with E-state index in [-0.39, 0.29) is 49.0 Å². The van der Waals surface area contributed by atoms with E-state index in [4.69, 9.17) is 21.1 Å². The molecule has 1 aromatic heterocycles. The molecule has 204 valence electrons. The summed E-state index contributed by atoms with van der Waals surface area (Å²) in [4.78, 5) is -0.115. The summed E-state index contributed by atoms with van der Waals surface area (Å²) in [6.45, 7) is -0.227. The first kappa shape index (κ1) is 27.0. The highest BCUT2D eigenvalue weighted by Gasteiger charge is 2.61. The second-order valence-electron chi connectivity index (χ2n) is 9.37. The molecular weight excluding hydrogens is 562 g/mol. The van der Waals surface area contributed by atoms with Gasteiger partial charge in [0.2, 0.25) is 0 Å². The second kappa shape index (κ2) is 10.2. The molecule has 3 atom stereocenters. The van der Waals surface area contributed by atoms with Gasteiger partial charge in [0, 0.05) is 29.9 Å². The predicted molar refractivity (Wildman–Crippen MR) is 136 cm³/mol. The summed E-state index contributed by atoms with van der Waals surface area (Å²) in [6.07, 6.45) is 2.09. The average Bonchev–Trinajstić information content (AvgIpc) is 3.42. The van der Waals surface area contributed by atoms with Crippen LogP contribution in [0.15, 0.2) is 59.8 Å². The van der Waals surface area contributed by atoms with E-state index in [2.05, 4.69) is 5.10 Å². The second-order valence-corrected chi connectivity index (χ2v) is 14.3. The number of aromatic nitrogens is 2. The maximum absolute atomic E-state index is 15.4. The predicted octanol–water partition coefficient (Wildman–Crippen LogP) is 3.79. The van der Waals surface area contributed by atoms with Crippen molar-refractivity contribution in [2.45, 2.75) is 35.1 Å². The average molecular weight is 587 g/mol. The molecular formula is C25H25ClF2N2O6S2. The molecule has 0 N–H and O–H groups in total. The van der Waals surface area contributed by atoms with Crippen molar-refractivity contribution in [3.63, 3.8) is 0 Å². The van der Waals surface area contributed by atoms with E-state index in [9.17, 15) is 21.2 Å². The molecule has 5 rings (SSSR count). The van der Waals surface area contributed by atoms with E-state index in [0.717, 1.165) is 12.1 Å². The molecule has 8 nitrogen and oxygen atoms in total. The molecule has 1 saturated heterocycles. The zero-order valence-corrected chi connectivity index (χ0v) is 22.5. The number of fused-ring (bicyclic) bond motifs is 3. The third kappa shape index (κ3) is 4.72. The minimum absolute atomic E-state index is 0.0420. The molecule has 0 bridgehead atoms. The number of halogens is 3. The number of hydrogen-bond donors (Lipinski definition) is 0. The van der Waals surface area contributed by atoms with Crippen molar-refractivity contribution in [2.24, 2.45) is 5.92 Å². The zero-order chi connectivity index (χ0) is 27.1. The van der Waals surface area contributed by atoms with Gasteiger partial charge in [-0.15, -0.1) is 0 Å². The van der Waals surface area contributed by atoms with Crippen molar-refractivity contribution in [3.05, 3.63) is 77.1 Å². The van der Waals surface area contributed by atoms with Crippen LogP contribution >= 0.6 is 11.6 Å². The van der Waals surface area contributed by atoms with Gasteiger partial charge in [-0.1, -0.05) is 11.6 Å². The zero-order valence-electron chi connectivity index (χ0n) is 20.1. The topological polar surface area (TPSA) is 105 Å². The minimum Gasteiger partial charge on any atom is -0.490 e. The highest BCUT2D eigenvalue weighted by Crippen LogP contribution is 2.55. The molecule has 3 heterocycles. The molecule has 0 radical (unpaired) electrons. The van der Waals surface area contributed by atoms with Crippen LogP contribution in [0, 0.1) is 17.6 Å². The number of ether oxygens (including phenoxy) is 2. The Labute approximate surface area is 224 Å². The SMILES string of the molecule is O=S(=O)(CC[C@@H]1OCC[C@@]2(S(=O)(=O)c3ccc(Cl)cc3)c3c(F)ccc(F)c3OC[C@@H]12)CCn1cccn1. The maximum atomic E-state index is 15.4. The Kier molecular flexibility index (Phi) is 7.27. The lowest BCUT2D eigenvalue weighted by Crippen LogP contribution is -2.57. The van der Waals surface area contributed by atoms with Crippen LogP contribution < -0.4 is 4.74 Å². The molecule has 2 aliphatic heterocycles. The smallest absolute Gasteiger partial charge is 0.189 e. The Morgan fingerprint density at radius 3 is 2.50 bits per heavy atom. The molecule has 0 saturated carbocycles. The van der Waals surface area contributed by atoms with E-state index in [1.165, 1.54) is 28.9 Å². The van der Waals surface area contributed by atoms with Gasteiger partial charge in [0.1, 0.15) is 10.6 Å². The third-order valence-electron chi connectivity index (χ3n) is 7.25. The van der Waals surface area contributed by atoms with E-state index in [0.29, 0.717) is 5.02 Å². The highest BCUT2D eigenvalue weighted by molar-refractivity contribution is 7.92. The molecule has 0 spiro atoms. The van der Waals surface area contributed by atoms with Gasteiger partial charge < -0.3 is 9.47 Å². The summed E-state index contributed by atoms with van der Waals surface area (Å²) >= 11 is 5.97. The summed E-state index contributed by atoms with van der Waals surface area (Å²) in [5.41, 5.74) is -0.390. The van der Waals surface area contributed by atoms with Crippen molar-refractivity contribution in [1.82, 2.24) is 9.78 Å². The molecule has 13 heteroatoms. The summed E-state index contributed by atoms with van der Waals surface area (Å²) < 4.78 is 95.4. The lowest BCUT2D eigenvalue weighted by atomic mass is 9.75. The van der Waals surface area contributed by atoms with Gasteiger partial charge in [-0.05, 0) is 55.3 Å². The van der Waals surface area contributed by atoms with Crippen LogP contribution in [0.4, 0.5) is 8.78 Å². The first-order chi connectivity index (χ1) is 18.0. The Morgan fingerprint density at radius 2 is 1.79 bits per heavy atom. The van der Waals surface area contributed by atoms with Crippen molar-refractivity contribution >= 4 is 31.3 Å². The Morgan fingerprint density at radius 1 is 1.05 bits per heavy atom. The molecule has 2 aliphatic rings. The number of nitrogens with zero attached hydrogens (tertiary/aromatic N) is 2. The quantitative estimate of drug-likeness (QED) is 0.395. The van der Waals surface area contributed by atoms with Gasteiger partial charge in [-0.25, -0.2) is 25.6 Å². The van der Waals surface area contributed by atoms with Crippen molar-refractivity contribution < 1.29 is 35.1 Å².